The monoisotopic (exact) mass is 411 g/mol. The molecule has 0 aromatic carbocycles. The number of aromatic nitrogens is 2. The van der Waals surface area contributed by atoms with E-state index in [0.717, 1.165) is 19.3 Å². The van der Waals surface area contributed by atoms with Crippen LogP contribution in [0.2, 0.25) is 18.1 Å². The molecule has 2 rings (SSSR count). The minimum absolute atomic E-state index is 0.204. The highest BCUT2D eigenvalue weighted by Crippen LogP contribution is 2.39. The summed E-state index contributed by atoms with van der Waals surface area (Å²) in [6.07, 6.45) is 6.68. The number of hydrogen-bond acceptors (Lipinski definition) is 7. The SMILES string of the molecule is CCOC(=O)c1cnc(SC)nc1NC1CCC(O[Si](C)(C)C(C)(C)C)C1. The molecule has 8 heteroatoms. The van der Waals surface area contributed by atoms with Crippen LogP contribution in [0.15, 0.2) is 11.4 Å². The first-order chi connectivity index (χ1) is 12.6. The van der Waals surface area contributed by atoms with Gasteiger partial charge in [-0.15, -0.1) is 0 Å². The molecule has 1 saturated carbocycles. The third-order valence-electron chi connectivity index (χ3n) is 5.44. The maximum absolute atomic E-state index is 12.2. The molecule has 1 aliphatic rings. The number of anilines is 1. The Balaban J connectivity index is 2.08. The predicted molar refractivity (Wildman–Crippen MR) is 113 cm³/mol. The van der Waals surface area contributed by atoms with Crippen LogP contribution >= 0.6 is 11.8 Å². The van der Waals surface area contributed by atoms with E-state index >= 15 is 0 Å². The summed E-state index contributed by atoms with van der Waals surface area (Å²) in [5, 5.41) is 4.29. The number of carbonyl (C=O) groups is 1. The Hall–Kier alpha value is -1.12. The van der Waals surface area contributed by atoms with Crippen molar-refractivity contribution < 1.29 is 14.0 Å². The van der Waals surface area contributed by atoms with Crippen molar-refractivity contribution in [3.8, 4) is 0 Å². The van der Waals surface area contributed by atoms with Crippen LogP contribution in [-0.2, 0) is 9.16 Å². The highest BCUT2D eigenvalue weighted by Gasteiger charge is 2.40. The maximum atomic E-state index is 12.2. The number of rotatable bonds is 7. The van der Waals surface area contributed by atoms with Crippen LogP contribution in [0.1, 0.15) is 57.3 Å². The summed E-state index contributed by atoms with van der Waals surface area (Å²) in [6.45, 7) is 13.5. The average molecular weight is 412 g/mol. The lowest BCUT2D eigenvalue weighted by Crippen LogP contribution is -2.43. The minimum atomic E-state index is -1.78. The van der Waals surface area contributed by atoms with Gasteiger partial charge < -0.3 is 14.5 Å². The first-order valence-corrected chi connectivity index (χ1v) is 13.7. The lowest BCUT2D eigenvalue weighted by molar-refractivity contribution is 0.0526. The van der Waals surface area contributed by atoms with Gasteiger partial charge in [-0.1, -0.05) is 32.5 Å². The zero-order valence-corrected chi connectivity index (χ0v) is 19.4. The zero-order valence-electron chi connectivity index (χ0n) is 17.6. The largest absolute Gasteiger partial charge is 0.462 e. The van der Waals surface area contributed by atoms with E-state index < -0.39 is 8.32 Å². The van der Waals surface area contributed by atoms with Gasteiger partial charge in [0.2, 0.25) is 0 Å². The van der Waals surface area contributed by atoms with Crippen molar-refractivity contribution in [1.29, 1.82) is 0 Å². The Kier molecular flexibility index (Phi) is 7.32. The molecule has 2 atom stereocenters. The van der Waals surface area contributed by atoms with Crippen LogP contribution in [0.3, 0.4) is 0 Å². The van der Waals surface area contributed by atoms with Gasteiger partial charge in [0.15, 0.2) is 13.5 Å². The molecule has 1 fully saturated rings. The van der Waals surface area contributed by atoms with Gasteiger partial charge in [0.25, 0.3) is 0 Å². The molecule has 152 valence electrons. The topological polar surface area (TPSA) is 73.3 Å². The van der Waals surface area contributed by atoms with E-state index in [1.807, 2.05) is 6.26 Å². The number of nitrogens with zero attached hydrogens (tertiary/aromatic N) is 2. The Morgan fingerprint density at radius 3 is 2.67 bits per heavy atom. The molecule has 0 radical (unpaired) electrons. The smallest absolute Gasteiger partial charge is 0.343 e. The highest BCUT2D eigenvalue weighted by atomic mass is 32.2. The second-order valence-corrected chi connectivity index (χ2v) is 14.0. The molecule has 1 N–H and O–H groups in total. The van der Waals surface area contributed by atoms with E-state index in [-0.39, 0.29) is 23.2 Å². The molecule has 1 aliphatic carbocycles. The Labute approximate surface area is 168 Å². The van der Waals surface area contributed by atoms with E-state index in [4.69, 9.17) is 9.16 Å². The second-order valence-electron chi connectivity index (χ2n) is 8.49. The quantitative estimate of drug-likeness (QED) is 0.301. The maximum Gasteiger partial charge on any atom is 0.343 e. The summed E-state index contributed by atoms with van der Waals surface area (Å²) in [5.74, 6) is 0.172. The summed E-state index contributed by atoms with van der Waals surface area (Å²) in [5.41, 5.74) is 0.392. The molecular formula is C19H33N3O3SSi. The molecule has 0 aliphatic heterocycles. The van der Waals surface area contributed by atoms with Gasteiger partial charge >= 0.3 is 5.97 Å². The summed E-state index contributed by atoms with van der Waals surface area (Å²) in [4.78, 5) is 21.0. The second kappa shape index (κ2) is 8.92. The summed E-state index contributed by atoms with van der Waals surface area (Å²) >= 11 is 1.45. The third-order valence-corrected chi connectivity index (χ3v) is 10.5. The molecule has 1 aromatic heterocycles. The normalized spacial score (nSPS) is 20.6. The molecule has 27 heavy (non-hydrogen) atoms. The number of carbonyl (C=O) groups excluding carboxylic acids is 1. The minimum Gasteiger partial charge on any atom is -0.462 e. The molecule has 1 heterocycles. The van der Waals surface area contributed by atoms with E-state index in [0.29, 0.717) is 23.1 Å². The molecule has 1 aromatic rings. The Morgan fingerprint density at radius 1 is 1.37 bits per heavy atom. The van der Waals surface area contributed by atoms with Gasteiger partial charge in [-0.25, -0.2) is 14.8 Å². The number of nitrogens with one attached hydrogen (secondary N) is 1. The van der Waals surface area contributed by atoms with E-state index in [1.165, 1.54) is 11.8 Å². The molecule has 6 nitrogen and oxygen atoms in total. The highest BCUT2D eigenvalue weighted by molar-refractivity contribution is 7.98. The molecule has 0 saturated heterocycles. The first kappa shape index (κ1) is 22.2. The van der Waals surface area contributed by atoms with Crippen LogP contribution in [0.25, 0.3) is 0 Å². The molecular weight excluding hydrogens is 378 g/mol. The van der Waals surface area contributed by atoms with Crippen LogP contribution in [0.5, 0.6) is 0 Å². The fraction of sp³-hybridized carbons (Fsp3) is 0.737. The number of thioether (sulfide) groups is 1. The van der Waals surface area contributed by atoms with Crippen molar-refractivity contribution in [2.24, 2.45) is 0 Å². The predicted octanol–water partition coefficient (Wildman–Crippen LogP) is 4.73. The van der Waals surface area contributed by atoms with Crippen molar-refractivity contribution in [2.75, 3.05) is 18.2 Å². The Bertz CT molecular complexity index is 664. The fourth-order valence-electron chi connectivity index (χ4n) is 2.90. The van der Waals surface area contributed by atoms with Crippen LogP contribution in [0.4, 0.5) is 5.82 Å². The number of esters is 1. The summed E-state index contributed by atoms with van der Waals surface area (Å²) in [7, 11) is -1.78. The average Bonchev–Trinajstić information content (AvgIpc) is 3.00. The lowest BCUT2D eigenvalue weighted by atomic mass is 10.2. The fourth-order valence-corrected chi connectivity index (χ4v) is 4.64. The van der Waals surface area contributed by atoms with Crippen molar-refractivity contribution in [3.05, 3.63) is 11.8 Å². The van der Waals surface area contributed by atoms with Gasteiger partial charge in [0.1, 0.15) is 11.4 Å². The Morgan fingerprint density at radius 2 is 2.07 bits per heavy atom. The number of hydrogen-bond donors (Lipinski definition) is 1. The van der Waals surface area contributed by atoms with Gasteiger partial charge in [-0.2, -0.15) is 0 Å². The van der Waals surface area contributed by atoms with Crippen LogP contribution in [0, 0.1) is 0 Å². The van der Waals surface area contributed by atoms with Crippen LogP contribution < -0.4 is 5.32 Å². The standard InChI is InChI=1S/C19H33N3O3SSi/c1-8-24-17(23)15-12-20-18(26-5)22-16(15)21-13-9-10-14(11-13)25-27(6,7)19(2,3)4/h12-14H,8-11H2,1-7H3,(H,20,21,22). The van der Waals surface area contributed by atoms with E-state index in [9.17, 15) is 4.79 Å². The van der Waals surface area contributed by atoms with E-state index in [2.05, 4.69) is 49.1 Å². The number of ether oxygens (including phenoxy) is 1. The van der Waals surface area contributed by atoms with Gasteiger partial charge in [0.05, 0.1) is 6.61 Å². The molecule has 0 amide bonds. The van der Waals surface area contributed by atoms with Crippen molar-refractivity contribution >= 4 is 31.9 Å². The molecule has 2 unspecified atom stereocenters. The molecule has 0 bridgehead atoms. The summed E-state index contributed by atoms with van der Waals surface area (Å²) in [6, 6.07) is 0.234. The van der Waals surface area contributed by atoms with Gasteiger partial charge in [-0.05, 0) is 50.6 Å². The zero-order chi connectivity index (χ0) is 20.2. The van der Waals surface area contributed by atoms with E-state index in [1.54, 1.807) is 13.1 Å². The summed E-state index contributed by atoms with van der Waals surface area (Å²) < 4.78 is 11.7. The van der Waals surface area contributed by atoms with Crippen molar-refractivity contribution in [3.63, 3.8) is 0 Å². The third kappa shape index (κ3) is 5.68. The van der Waals surface area contributed by atoms with Crippen molar-refractivity contribution in [1.82, 2.24) is 9.97 Å². The van der Waals surface area contributed by atoms with Crippen molar-refractivity contribution in [2.45, 2.75) is 82.4 Å². The van der Waals surface area contributed by atoms with Gasteiger partial charge in [-0.3, -0.25) is 0 Å². The first-order valence-electron chi connectivity index (χ1n) is 9.60. The van der Waals surface area contributed by atoms with Crippen LogP contribution in [-0.4, -0.2) is 49.3 Å². The van der Waals surface area contributed by atoms with Gasteiger partial charge in [0, 0.05) is 18.3 Å². The lowest BCUT2D eigenvalue weighted by Gasteiger charge is -2.38. The molecule has 0 spiro atoms.